The summed E-state index contributed by atoms with van der Waals surface area (Å²) in [6, 6.07) is -0.0501. The molecule has 0 N–H and O–H groups in total. The van der Waals surface area contributed by atoms with E-state index in [0.717, 1.165) is 45.6 Å². The standard InChI is InChI=1S/C14H27NO3/c1-5-17-11-7-10-15-9-6-8-12(15)13(16)18-14(2,3)4/h12H,5-11H2,1-4H3/t12-/m1/s1. The molecule has 0 aromatic heterocycles. The highest BCUT2D eigenvalue weighted by molar-refractivity contribution is 5.76. The van der Waals surface area contributed by atoms with Crippen LogP contribution in [-0.4, -0.2) is 48.8 Å². The lowest BCUT2D eigenvalue weighted by Crippen LogP contribution is -2.41. The molecular weight excluding hydrogens is 230 g/mol. The minimum Gasteiger partial charge on any atom is -0.459 e. The fourth-order valence-electron chi connectivity index (χ4n) is 2.24. The molecule has 1 rings (SSSR count). The van der Waals surface area contributed by atoms with Gasteiger partial charge in [0.05, 0.1) is 0 Å². The van der Waals surface area contributed by atoms with Gasteiger partial charge in [-0.05, 0) is 53.5 Å². The normalized spacial score (nSPS) is 21.2. The molecule has 0 spiro atoms. The molecule has 18 heavy (non-hydrogen) atoms. The smallest absolute Gasteiger partial charge is 0.323 e. The maximum atomic E-state index is 12.1. The van der Waals surface area contributed by atoms with Crippen molar-refractivity contribution in [3.05, 3.63) is 0 Å². The molecule has 106 valence electrons. The first-order valence-electron chi connectivity index (χ1n) is 6.98. The Balaban J connectivity index is 2.36. The van der Waals surface area contributed by atoms with Gasteiger partial charge in [0, 0.05) is 19.8 Å². The summed E-state index contributed by atoms with van der Waals surface area (Å²) in [7, 11) is 0. The van der Waals surface area contributed by atoms with Crippen LogP contribution in [0.2, 0.25) is 0 Å². The Kier molecular flexibility index (Phi) is 6.09. The second-order valence-electron chi connectivity index (χ2n) is 5.78. The predicted molar refractivity (Wildman–Crippen MR) is 71.6 cm³/mol. The number of hydrogen-bond donors (Lipinski definition) is 0. The molecule has 4 heteroatoms. The van der Waals surface area contributed by atoms with Gasteiger partial charge in [0.15, 0.2) is 0 Å². The molecule has 1 atom stereocenters. The van der Waals surface area contributed by atoms with Crippen LogP contribution in [0.1, 0.15) is 47.0 Å². The maximum absolute atomic E-state index is 12.1. The Labute approximate surface area is 111 Å². The summed E-state index contributed by atoms with van der Waals surface area (Å²) >= 11 is 0. The highest BCUT2D eigenvalue weighted by Crippen LogP contribution is 2.21. The largest absolute Gasteiger partial charge is 0.459 e. The Hall–Kier alpha value is -0.610. The summed E-state index contributed by atoms with van der Waals surface area (Å²) in [5.74, 6) is -0.0728. The topological polar surface area (TPSA) is 38.8 Å². The molecule has 0 aromatic carbocycles. The molecule has 1 heterocycles. The van der Waals surface area contributed by atoms with Crippen LogP contribution in [0.4, 0.5) is 0 Å². The molecule has 1 fully saturated rings. The third kappa shape index (κ3) is 5.36. The monoisotopic (exact) mass is 257 g/mol. The summed E-state index contributed by atoms with van der Waals surface area (Å²) in [6.07, 6.45) is 2.98. The molecule has 0 amide bonds. The maximum Gasteiger partial charge on any atom is 0.323 e. The Morgan fingerprint density at radius 3 is 2.72 bits per heavy atom. The number of nitrogens with zero attached hydrogens (tertiary/aromatic N) is 1. The second-order valence-corrected chi connectivity index (χ2v) is 5.78. The van der Waals surface area contributed by atoms with Crippen LogP contribution in [0, 0.1) is 0 Å². The van der Waals surface area contributed by atoms with E-state index in [-0.39, 0.29) is 12.0 Å². The molecule has 0 radical (unpaired) electrons. The quantitative estimate of drug-likeness (QED) is 0.540. The van der Waals surface area contributed by atoms with E-state index < -0.39 is 5.60 Å². The van der Waals surface area contributed by atoms with Gasteiger partial charge in [-0.1, -0.05) is 0 Å². The lowest BCUT2D eigenvalue weighted by atomic mass is 10.1. The van der Waals surface area contributed by atoms with Crippen molar-refractivity contribution in [2.24, 2.45) is 0 Å². The van der Waals surface area contributed by atoms with Crippen molar-refractivity contribution in [3.63, 3.8) is 0 Å². The zero-order chi connectivity index (χ0) is 13.6. The van der Waals surface area contributed by atoms with Crippen molar-refractivity contribution in [1.29, 1.82) is 0 Å². The highest BCUT2D eigenvalue weighted by Gasteiger charge is 2.33. The number of likely N-dealkylation sites (tertiary alicyclic amines) is 1. The average Bonchev–Trinajstić information content (AvgIpc) is 2.70. The second kappa shape index (κ2) is 7.10. The van der Waals surface area contributed by atoms with Crippen molar-refractivity contribution in [1.82, 2.24) is 4.90 Å². The van der Waals surface area contributed by atoms with Crippen molar-refractivity contribution in [3.8, 4) is 0 Å². The van der Waals surface area contributed by atoms with Gasteiger partial charge in [-0.25, -0.2) is 0 Å². The third-order valence-corrected chi connectivity index (χ3v) is 2.98. The number of carbonyl (C=O) groups excluding carboxylic acids is 1. The van der Waals surface area contributed by atoms with Gasteiger partial charge in [-0.3, -0.25) is 9.69 Å². The van der Waals surface area contributed by atoms with Crippen molar-refractivity contribution < 1.29 is 14.3 Å². The van der Waals surface area contributed by atoms with E-state index in [0.29, 0.717) is 0 Å². The molecule has 0 saturated carbocycles. The Morgan fingerprint density at radius 2 is 2.11 bits per heavy atom. The van der Waals surface area contributed by atoms with Crippen molar-refractivity contribution >= 4 is 5.97 Å². The van der Waals surface area contributed by atoms with Gasteiger partial charge in [0.1, 0.15) is 11.6 Å². The summed E-state index contributed by atoms with van der Waals surface area (Å²) < 4.78 is 10.8. The van der Waals surface area contributed by atoms with E-state index in [9.17, 15) is 4.79 Å². The van der Waals surface area contributed by atoms with Gasteiger partial charge in [-0.15, -0.1) is 0 Å². The van der Waals surface area contributed by atoms with Gasteiger partial charge >= 0.3 is 5.97 Å². The molecule has 1 saturated heterocycles. The van der Waals surface area contributed by atoms with Gasteiger partial charge in [-0.2, -0.15) is 0 Å². The summed E-state index contributed by atoms with van der Waals surface area (Å²) in [6.45, 7) is 11.2. The van der Waals surface area contributed by atoms with Gasteiger partial charge < -0.3 is 9.47 Å². The number of rotatable bonds is 6. The zero-order valence-electron chi connectivity index (χ0n) is 12.2. The molecule has 0 aliphatic carbocycles. The number of carbonyl (C=O) groups is 1. The SMILES string of the molecule is CCOCCCN1CCC[C@@H]1C(=O)OC(C)(C)C. The van der Waals surface area contributed by atoms with Crippen molar-refractivity contribution in [2.75, 3.05) is 26.3 Å². The number of esters is 1. The van der Waals surface area contributed by atoms with E-state index in [1.165, 1.54) is 0 Å². The molecule has 0 bridgehead atoms. The fraction of sp³-hybridized carbons (Fsp3) is 0.929. The van der Waals surface area contributed by atoms with Crippen LogP contribution in [0.3, 0.4) is 0 Å². The minimum absolute atomic E-state index is 0.0501. The molecular formula is C14H27NO3. The van der Waals surface area contributed by atoms with E-state index in [1.807, 2.05) is 27.7 Å². The summed E-state index contributed by atoms with van der Waals surface area (Å²) in [5, 5.41) is 0. The van der Waals surface area contributed by atoms with Gasteiger partial charge in [0.2, 0.25) is 0 Å². The van der Waals surface area contributed by atoms with E-state index >= 15 is 0 Å². The zero-order valence-corrected chi connectivity index (χ0v) is 12.2. The number of ether oxygens (including phenoxy) is 2. The highest BCUT2D eigenvalue weighted by atomic mass is 16.6. The van der Waals surface area contributed by atoms with E-state index in [2.05, 4.69) is 4.90 Å². The Morgan fingerprint density at radius 1 is 1.39 bits per heavy atom. The minimum atomic E-state index is -0.392. The molecule has 0 aromatic rings. The Bertz CT molecular complexity index is 260. The van der Waals surface area contributed by atoms with E-state index in [1.54, 1.807) is 0 Å². The van der Waals surface area contributed by atoms with Crippen molar-refractivity contribution in [2.45, 2.75) is 58.6 Å². The first-order valence-corrected chi connectivity index (χ1v) is 6.98. The number of hydrogen-bond acceptors (Lipinski definition) is 4. The lowest BCUT2D eigenvalue weighted by Gasteiger charge is -2.27. The summed E-state index contributed by atoms with van der Waals surface area (Å²) in [4.78, 5) is 14.3. The molecule has 1 aliphatic heterocycles. The van der Waals surface area contributed by atoms with Crippen LogP contribution in [0.25, 0.3) is 0 Å². The fourth-order valence-corrected chi connectivity index (χ4v) is 2.24. The first kappa shape index (κ1) is 15.4. The van der Waals surface area contributed by atoms with Crippen LogP contribution in [-0.2, 0) is 14.3 Å². The van der Waals surface area contributed by atoms with Gasteiger partial charge in [0.25, 0.3) is 0 Å². The van der Waals surface area contributed by atoms with Crippen LogP contribution in [0.15, 0.2) is 0 Å². The van der Waals surface area contributed by atoms with Crippen LogP contribution >= 0.6 is 0 Å². The summed E-state index contributed by atoms with van der Waals surface area (Å²) in [5.41, 5.74) is -0.392. The van der Waals surface area contributed by atoms with Crippen LogP contribution < -0.4 is 0 Å². The average molecular weight is 257 g/mol. The van der Waals surface area contributed by atoms with Crippen LogP contribution in [0.5, 0.6) is 0 Å². The van der Waals surface area contributed by atoms with E-state index in [4.69, 9.17) is 9.47 Å². The predicted octanol–water partition coefficient (Wildman–Crippen LogP) is 2.22. The molecule has 1 aliphatic rings. The lowest BCUT2D eigenvalue weighted by molar-refractivity contribution is -0.160. The molecule has 4 nitrogen and oxygen atoms in total. The first-order chi connectivity index (χ1) is 8.44. The molecule has 0 unspecified atom stereocenters. The third-order valence-electron chi connectivity index (χ3n) is 2.98.